The van der Waals surface area contributed by atoms with Crippen molar-refractivity contribution in [2.75, 3.05) is 6.61 Å². The molecular formula is C25H22F2O. The van der Waals surface area contributed by atoms with Gasteiger partial charge in [-0.25, -0.2) is 8.78 Å². The summed E-state index contributed by atoms with van der Waals surface area (Å²) in [5, 5.41) is 0. The van der Waals surface area contributed by atoms with Crippen LogP contribution in [0.15, 0.2) is 72.8 Å². The van der Waals surface area contributed by atoms with Gasteiger partial charge in [-0.1, -0.05) is 54.6 Å². The largest absolute Gasteiger partial charge is 0.373 e. The van der Waals surface area contributed by atoms with Crippen LogP contribution in [0.2, 0.25) is 0 Å². The first-order valence-corrected chi connectivity index (χ1v) is 9.91. The molecule has 1 aliphatic carbocycles. The van der Waals surface area contributed by atoms with Gasteiger partial charge in [0.25, 0.3) is 0 Å². The van der Waals surface area contributed by atoms with E-state index in [-0.39, 0.29) is 17.9 Å². The molecule has 0 saturated carbocycles. The number of hydrogen-bond donors (Lipinski definition) is 0. The zero-order valence-corrected chi connectivity index (χ0v) is 15.5. The van der Waals surface area contributed by atoms with Crippen LogP contribution in [0.4, 0.5) is 8.78 Å². The maximum Gasteiger partial charge on any atom is 0.126 e. The molecular weight excluding hydrogens is 354 g/mol. The third kappa shape index (κ3) is 3.04. The zero-order valence-electron chi connectivity index (χ0n) is 15.5. The number of rotatable bonds is 2. The lowest BCUT2D eigenvalue weighted by atomic mass is 9.62. The summed E-state index contributed by atoms with van der Waals surface area (Å²) in [4.78, 5) is 0. The maximum atomic E-state index is 14.0. The van der Waals surface area contributed by atoms with Gasteiger partial charge in [0.15, 0.2) is 0 Å². The summed E-state index contributed by atoms with van der Waals surface area (Å²) >= 11 is 0. The minimum atomic E-state index is -0.548. The molecule has 1 aliphatic heterocycles. The standard InChI is InChI=1S/C25H22F2O/c26-20-13-19(14-21(27)15-20)25-24-18(10-11-28-25)12-17-8-4-5-9-22(17)23(24)16-6-2-1-3-7-16/h1-9,13-15,18,23-25H,10-12H2/t18-,23+,24+,25+/m0/s1. The van der Waals surface area contributed by atoms with Gasteiger partial charge in [-0.05, 0) is 53.1 Å². The van der Waals surface area contributed by atoms with Gasteiger partial charge in [0, 0.05) is 24.5 Å². The van der Waals surface area contributed by atoms with Crippen LogP contribution in [0, 0.1) is 23.5 Å². The quantitative estimate of drug-likeness (QED) is 0.529. The lowest BCUT2D eigenvalue weighted by molar-refractivity contribution is -0.0688. The predicted molar refractivity (Wildman–Crippen MR) is 105 cm³/mol. The highest BCUT2D eigenvalue weighted by molar-refractivity contribution is 5.43. The Morgan fingerprint density at radius 2 is 1.50 bits per heavy atom. The number of fused-ring (bicyclic) bond motifs is 2. The van der Waals surface area contributed by atoms with Crippen LogP contribution in [-0.2, 0) is 11.2 Å². The van der Waals surface area contributed by atoms with Gasteiger partial charge in [-0.2, -0.15) is 0 Å². The summed E-state index contributed by atoms with van der Waals surface area (Å²) in [5.74, 6) is -0.383. The highest BCUT2D eigenvalue weighted by Gasteiger charge is 2.45. The predicted octanol–water partition coefficient (Wildman–Crippen LogP) is 6.05. The Morgan fingerprint density at radius 1 is 0.786 bits per heavy atom. The lowest BCUT2D eigenvalue weighted by Gasteiger charge is -2.47. The van der Waals surface area contributed by atoms with Crippen molar-refractivity contribution < 1.29 is 13.5 Å². The number of benzene rings is 3. The molecule has 5 rings (SSSR count). The minimum absolute atomic E-state index is 0.146. The molecule has 1 fully saturated rings. The van der Waals surface area contributed by atoms with Gasteiger partial charge >= 0.3 is 0 Å². The highest BCUT2D eigenvalue weighted by Crippen LogP contribution is 2.53. The Bertz CT molecular complexity index is 965. The molecule has 0 spiro atoms. The smallest absolute Gasteiger partial charge is 0.126 e. The first kappa shape index (κ1) is 17.6. The second-order valence-corrected chi connectivity index (χ2v) is 7.91. The molecule has 3 heteroatoms. The van der Waals surface area contributed by atoms with E-state index in [4.69, 9.17) is 4.74 Å². The van der Waals surface area contributed by atoms with Gasteiger partial charge in [-0.3, -0.25) is 0 Å². The van der Waals surface area contributed by atoms with E-state index < -0.39 is 11.6 Å². The fraction of sp³-hybridized carbons (Fsp3) is 0.280. The minimum Gasteiger partial charge on any atom is -0.373 e. The average molecular weight is 376 g/mol. The fourth-order valence-corrected chi connectivity index (χ4v) is 5.22. The molecule has 28 heavy (non-hydrogen) atoms. The summed E-state index contributed by atoms with van der Waals surface area (Å²) in [6.45, 7) is 0.619. The molecule has 3 aromatic rings. The first-order valence-electron chi connectivity index (χ1n) is 9.91. The first-order chi connectivity index (χ1) is 13.7. The maximum absolute atomic E-state index is 14.0. The zero-order chi connectivity index (χ0) is 19.1. The second kappa shape index (κ2) is 7.14. The molecule has 0 radical (unpaired) electrons. The Labute approximate surface area is 164 Å². The SMILES string of the molecule is Fc1cc(F)cc([C@H]2OCC[C@H]3Cc4ccccc4[C@@H](c4ccccc4)[C@@H]32)c1. The number of halogens is 2. The van der Waals surface area contributed by atoms with E-state index in [1.54, 1.807) is 0 Å². The summed E-state index contributed by atoms with van der Waals surface area (Å²) < 4.78 is 34.1. The van der Waals surface area contributed by atoms with Crippen molar-refractivity contribution in [1.29, 1.82) is 0 Å². The van der Waals surface area contributed by atoms with Crippen molar-refractivity contribution in [2.45, 2.75) is 24.9 Å². The van der Waals surface area contributed by atoms with Crippen LogP contribution in [0.1, 0.15) is 40.7 Å². The lowest BCUT2D eigenvalue weighted by Crippen LogP contribution is -2.40. The van der Waals surface area contributed by atoms with Crippen LogP contribution in [0.25, 0.3) is 0 Å². The van der Waals surface area contributed by atoms with E-state index in [1.807, 2.05) is 6.07 Å². The second-order valence-electron chi connectivity index (χ2n) is 7.91. The van der Waals surface area contributed by atoms with Crippen LogP contribution in [-0.4, -0.2) is 6.61 Å². The summed E-state index contributed by atoms with van der Waals surface area (Å²) in [7, 11) is 0. The monoisotopic (exact) mass is 376 g/mol. The van der Waals surface area contributed by atoms with Crippen molar-refractivity contribution in [3.05, 3.63) is 107 Å². The number of hydrogen-bond acceptors (Lipinski definition) is 1. The van der Waals surface area contributed by atoms with Crippen molar-refractivity contribution in [1.82, 2.24) is 0 Å². The molecule has 0 unspecified atom stereocenters. The van der Waals surface area contributed by atoms with Crippen LogP contribution >= 0.6 is 0 Å². The van der Waals surface area contributed by atoms with E-state index in [0.717, 1.165) is 18.9 Å². The van der Waals surface area contributed by atoms with E-state index in [2.05, 4.69) is 48.5 Å². The van der Waals surface area contributed by atoms with Crippen LogP contribution < -0.4 is 0 Å². The normalized spacial score (nSPS) is 26.4. The Morgan fingerprint density at radius 3 is 2.29 bits per heavy atom. The molecule has 4 atom stereocenters. The van der Waals surface area contributed by atoms with Gasteiger partial charge < -0.3 is 4.74 Å². The molecule has 1 heterocycles. The average Bonchev–Trinajstić information content (AvgIpc) is 2.71. The third-order valence-corrected chi connectivity index (χ3v) is 6.31. The van der Waals surface area contributed by atoms with E-state index in [0.29, 0.717) is 18.1 Å². The van der Waals surface area contributed by atoms with Crippen molar-refractivity contribution in [3.8, 4) is 0 Å². The summed E-state index contributed by atoms with van der Waals surface area (Å²) in [6, 6.07) is 22.8. The summed E-state index contributed by atoms with van der Waals surface area (Å²) in [6.07, 6.45) is 1.64. The van der Waals surface area contributed by atoms with Crippen LogP contribution in [0.3, 0.4) is 0 Å². The topological polar surface area (TPSA) is 9.23 Å². The third-order valence-electron chi connectivity index (χ3n) is 6.31. The van der Waals surface area contributed by atoms with Crippen molar-refractivity contribution >= 4 is 0 Å². The molecule has 0 aromatic heterocycles. The van der Waals surface area contributed by atoms with Gasteiger partial charge in [0.2, 0.25) is 0 Å². The molecule has 1 nitrogen and oxygen atoms in total. The van der Waals surface area contributed by atoms with Crippen LogP contribution in [0.5, 0.6) is 0 Å². The molecule has 0 amide bonds. The summed E-state index contributed by atoms with van der Waals surface area (Å²) in [5.41, 5.74) is 4.52. The van der Waals surface area contributed by atoms with Crippen molar-refractivity contribution in [2.24, 2.45) is 11.8 Å². The Hall–Kier alpha value is -2.52. The Balaban J connectivity index is 1.67. The van der Waals surface area contributed by atoms with E-state index >= 15 is 0 Å². The van der Waals surface area contributed by atoms with E-state index in [1.165, 1.54) is 28.8 Å². The fourth-order valence-electron chi connectivity index (χ4n) is 5.22. The molecule has 0 bridgehead atoms. The molecule has 3 aromatic carbocycles. The van der Waals surface area contributed by atoms with Gasteiger partial charge in [0.1, 0.15) is 11.6 Å². The molecule has 142 valence electrons. The highest BCUT2D eigenvalue weighted by atomic mass is 19.1. The van der Waals surface area contributed by atoms with Gasteiger partial charge in [0.05, 0.1) is 6.10 Å². The van der Waals surface area contributed by atoms with Crippen molar-refractivity contribution in [3.63, 3.8) is 0 Å². The van der Waals surface area contributed by atoms with Gasteiger partial charge in [-0.15, -0.1) is 0 Å². The number of ether oxygens (including phenoxy) is 1. The molecule has 0 N–H and O–H groups in total. The molecule has 1 saturated heterocycles. The van der Waals surface area contributed by atoms with E-state index in [9.17, 15) is 8.78 Å². The Kier molecular flexibility index (Phi) is 4.48. The molecule has 2 aliphatic rings.